The summed E-state index contributed by atoms with van der Waals surface area (Å²) < 4.78 is 0. The van der Waals surface area contributed by atoms with E-state index in [0.29, 0.717) is 0 Å². The third-order valence-electron chi connectivity index (χ3n) is 3.07. The van der Waals surface area contributed by atoms with Crippen LogP contribution in [0.2, 0.25) is 0 Å². The average molecular weight is 246 g/mol. The van der Waals surface area contributed by atoms with E-state index in [-0.39, 0.29) is 6.10 Å². The predicted octanol–water partition coefficient (Wildman–Crippen LogP) is 4.03. The molecule has 1 aromatic heterocycles. The van der Waals surface area contributed by atoms with Crippen LogP contribution in [0.1, 0.15) is 34.8 Å². The molecule has 0 spiro atoms. The molecule has 0 amide bonds. The lowest BCUT2D eigenvalue weighted by Crippen LogP contribution is -2.01. The van der Waals surface area contributed by atoms with E-state index in [4.69, 9.17) is 0 Å². The highest BCUT2D eigenvalue weighted by atomic mass is 32.1. The summed E-state index contributed by atoms with van der Waals surface area (Å²) in [7, 11) is 0. The van der Waals surface area contributed by atoms with Crippen LogP contribution in [-0.2, 0) is 6.42 Å². The molecule has 1 atom stereocenters. The summed E-state index contributed by atoms with van der Waals surface area (Å²) in [6.45, 7) is 4.14. The van der Waals surface area contributed by atoms with Gasteiger partial charge in [0.2, 0.25) is 0 Å². The van der Waals surface area contributed by atoms with Crippen LogP contribution in [0.5, 0.6) is 0 Å². The van der Waals surface area contributed by atoms with Crippen molar-refractivity contribution in [2.24, 2.45) is 0 Å². The fourth-order valence-electron chi connectivity index (χ4n) is 2.09. The number of aliphatic hydroxyl groups excluding tert-OH is 1. The first-order valence-electron chi connectivity index (χ1n) is 5.93. The van der Waals surface area contributed by atoms with Crippen LogP contribution in [-0.4, -0.2) is 5.11 Å². The third kappa shape index (κ3) is 3.18. The van der Waals surface area contributed by atoms with Crippen molar-refractivity contribution in [2.75, 3.05) is 0 Å². The van der Waals surface area contributed by atoms with E-state index in [1.807, 2.05) is 6.07 Å². The number of hydrogen-bond donors (Lipinski definition) is 1. The molecule has 0 bridgehead atoms. The number of rotatable bonds is 4. The van der Waals surface area contributed by atoms with Crippen LogP contribution in [0.25, 0.3) is 0 Å². The average Bonchev–Trinajstić information content (AvgIpc) is 2.78. The molecule has 0 aliphatic carbocycles. The third-order valence-corrected chi connectivity index (χ3v) is 3.80. The molecule has 0 fully saturated rings. The smallest absolute Gasteiger partial charge is 0.0795 e. The highest BCUT2D eigenvalue weighted by Gasteiger charge is 2.10. The quantitative estimate of drug-likeness (QED) is 0.863. The van der Waals surface area contributed by atoms with E-state index in [1.165, 1.54) is 16.7 Å². The maximum Gasteiger partial charge on any atom is 0.0795 e. The lowest BCUT2D eigenvalue weighted by atomic mass is 9.97. The number of thiophene rings is 1. The van der Waals surface area contributed by atoms with Gasteiger partial charge in [0.25, 0.3) is 0 Å². The summed E-state index contributed by atoms with van der Waals surface area (Å²) in [6, 6.07) is 8.36. The normalized spacial score (nSPS) is 12.6. The Morgan fingerprint density at radius 3 is 2.71 bits per heavy atom. The first kappa shape index (κ1) is 12.3. The van der Waals surface area contributed by atoms with E-state index in [9.17, 15) is 5.11 Å². The maximum absolute atomic E-state index is 10.2. The Hall–Kier alpha value is -1.12. The van der Waals surface area contributed by atoms with Crippen molar-refractivity contribution in [1.82, 2.24) is 0 Å². The second kappa shape index (κ2) is 5.48. The molecule has 2 rings (SSSR count). The van der Waals surface area contributed by atoms with Crippen molar-refractivity contribution in [1.29, 1.82) is 0 Å². The summed E-state index contributed by atoms with van der Waals surface area (Å²) in [5, 5.41) is 14.4. The van der Waals surface area contributed by atoms with Gasteiger partial charge in [-0.3, -0.25) is 0 Å². The van der Waals surface area contributed by atoms with Gasteiger partial charge < -0.3 is 5.11 Å². The summed E-state index contributed by atoms with van der Waals surface area (Å²) in [6.07, 6.45) is 1.38. The number of aliphatic hydroxyl groups is 1. The van der Waals surface area contributed by atoms with Crippen molar-refractivity contribution in [3.63, 3.8) is 0 Å². The van der Waals surface area contributed by atoms with Gasteiger partial charge in [0.15, 0.2) is 0 Å². The molecule has 1 aromatic carbocycles. The Kier molecular flexibility index (Phi) is 3.97. The van der Waals surface area contributed by atoms with E-state index in [2.05, 4.69) is 42.8 Å². The summed E-state index contributed by atoms with van der Waals surface area (Å²) >= 11 is 1.71. The standard InChI is InChI=1S/C15H18OS/c1-11-3-5-14(12(2)9-11)15(16)6-4-13-7-8-17-10-13/h3,5,7-10,15-16H,4,6H2,1-2H3. The summed E-state index contributed by atoms with van der Waals surface area (Å²) in [5.74, 6) is 0. The first-order valence-corrected chi connectivity index (χ1v) is 6.87. The molecule has 2 aromatic rings. The van der Waals surface area contributed by atoms with Crippen LogP contribution >= 0.6 is 11.3 Å². The number of aryl methyl sites for hydroxylation is 3. The van der Waals surface area contributed by atoms with Crippen molar-refractivity contribution in [2.45, 2.75) is 32.8 Å². The van der Waals surface area contributed by atoms with Gasteiger partial charge in [0, 0.05) is 0 Å². The molecule has 0 saturated carbocycles. The van der Waals surface area contributed by atoms with Crippen LogP contribution in [0, 0.1) is 13.8 Å². The van der Waals surface area contributed by atoms with Gasteiger partial charge in [0.1, 0.15) is 0 Å². The van der Waals surface area contributed by atoms with Crippen molar-refractivity contribution < 1.29 is 5.11 Å². The lowest BCUT2D eigenvalue weighted by Gasteiger charge is -2.13. The van der Waals surface area contributed by atoms with E-state index >= 15 is 0 Å². The Labute approximate surface area is 107 Å². The molecule has 2 heteroatoms. The monoisotopic (exact) mass is 246 g/mol. The van der Waals surface area contributed by atoms with Gasteiger partial charge in [0.05, 0.1) is 6.10 Å². The van der Waals surface area contributed by atoms with E-state index in [1.54, 1.807) is 11.3 Å². The number of hydrogen-bond acceptors (Lipinski definition) is 2. The van der Waals surface area contributed by atoms with Gasteiger partial charge in [-0.2, -0.15) is 11.3 Å². The molecule has 1 N–H and O–H groups in total. The molecule has 0 saturated heterocycles. The minimum atomic E-state index is -0.351. The van der Waals surface area contributed by atoms with Crippen molar-refractivity contribution in [3.8, 4) is 0 Å². The van der Waals surface area contributed by atoms with Crippen LogP contribution in [0.4, 0.5) is 0 Å². The molecule has 0 aliphatic rings. The molecular formula is C15H18OS. The molecule has 0 radical (unpaired) electrons. The molecular weight excluding hydrogens is 228 g/mol. The Morgan fingerprint density at radius 2 is 2.06 bits per heavy atom. The zero-order valence-electron chi connectivity index (χ0n) is 10.3. The zero-order chi connectivity index (χ0) is 12.3. The topological polar surface area (TPSA) is 20.2 Å². The molecule has 1 heterocycles. The SMILES string of the molecule is Cc1ccc(C(O)CCc2ccsc2)c(C)c1. The summed E-state index contributed by atoms with van der Waals surface area (Å²) in [5.41, 5.74) is 4.81. The molecule has 1 unspecified atom stereocenters. The van der Waals surface area contributed by atoms with Gasteiger partial charge in [-0.15, -0.1) is 0 Å². The fourth-order valence-corrected chi connectivity index (χ4v) is 2.80. The van der Waals surface area contributed by atoms with Crippen LogP contribution in [0.15, 0.2) is 35.0 Å². The van der Waals surface area contributed by atoms with Gasteiger partial charge in [-0.25, -0.2) is 0 Å². The number of benzene rings is 1. The van der Waals surface area contributed by atoms with Crippen LogP contribution < -0.4 is 0 Å². The Morgan fingerprint density at radius 1 is 1.24 bits per heavy atom. The van der Waals surface area contributed by atoms with Crippen LogP contribution in [0.3, 0.4) is 0 Å². The Balaban J connectivity index is 2.01. The molecule has 0 aliphatic heterocycles. The predicted molar refractivity (Wildman–Crippen MR) is 73.5 cm³/mol. The van der Waals surface area contributed by atoms with Crippen molar-refractivity contribution in [3.05, 3.63) is 57.3 Å². The Bertz CT molecular complexity index is 474. The largest absolute Gasteiger partial charge is 0.388 e. The molecule has 17 heavy (non-hydrogen) atoms. The minimum absolute atomic E-state index is 0.351. The maximum atomic E-state index is 10.2. The molecule has 90 valence electrons. The second-order valence-corrected chi connectivity index (χ2v) is 5.33. The summed E-state index contributed by atoms with van der Waals surface area (Å²) in [4.78, 5) is 0. The van der Waals surface area contributed by atoms with Crippen molar-refractivity contribution >= 4 is 11.3 Å². The molecule has 1 nitrogen and oxygen atoms in total. The van der Waals surface area contributed by atoms with Gasteiger partial charge in [-0.1, -0.05) is 23.8 Å². The highest BCUT2D eigenvalue weighted by Crippen LogP contribution is 2.23. The van der Waals surface area contributed by atoms with Gasteiger partial charge >= 0.3 is 0 Å². The fraction of sp³-hybridized carbons (Fsp3) is 0.333. The minimum Gasteiger partial charge on any atom is -0.388 e. The van der Waals surface area contributed by atoms with Gasteiger partial charge in [-0.05, 0) is 60.2 Å². The lowest BCUT2D eigenvalue weighted by molar-refractivity contribution is 0.167. The highest BCUT2D eigenvalue weighted by molar-refractivity contribution is 7.07. The second-order valence-electron chi connectivity index (χ2n) is 4.55. The van der Waals surface area contributed by atoms with E-state index < -0.39 is 0 Å². The first-order chi connectivity index (χ1) is 8.16. The zero-order valence-corrected chi connectivity index (χ0v) is 11.1. The van der Waals surface area contributed by atoms with E-state index in [0.717, 1.165) is 18.4 Å².